The lowest BCUT2D eigenvalue weighted by atomic mass is 9.87. The second-order valence-electron chi connectivity index (χ2n) is 5.02. The van der Waals surface area contributed by atoms with Crippen LogP contribution in [-0.2, 0) is 4.74 Å². The van der Waals surface area contributed by atoms with Gasteiger partial charge in [0.25, 0.3) is 0 Å². The van der Waals surface area contributed by atoms with E-state index in [2.05, 4.69) is 15.9 Å². The van der Waals surface area contributed by atoms with Gasteiger partial charge in [-0.25, -0.2) is 0 Å². The van der Waals surface area contributed by atoms with Crippen LogP contribution < -0.4 is 4.74 Å². The summed E-state index contributed by atoms with van der Waals surface area (Å²) < 4.78 is 12.4. The number of rotatable bonds is 1. The normalized spacial score (nSPS) is 28.6. The van der Waals surface area contributed by atoms with Crippen LogP contribution >= 0.6 is 15.9 Å². The number of halogens is 1. The van der Waals surface area contributed by atoms with Crippen molar-refractivity contribution in [3.8, 4) is 5.75 Å². The van der Waals surface area contributed by atoms with E-state index < -0.39 is 6.10 Å². The van der Waals surface area contributed by atoms with Crippen LogP contribution in [0, 0.1) is 5.92 Å². The maximum atomic E-state index is 10.3. The molecule has 0 amide bonds. The molecule has 2 unspecified atom stereocenters. The standard InChI is InChI=1S/C14H17BrO3/c15-11-3-1-2-10-12(16)8-13(18-14(10)11)9-4-6-17-7-5-9/h1-3,9,12-13,16H,4-8H2. The van der Waals surface area contributed by atoms with Gasteiger partial charge in [0.15, 0.2) is 0 Å². The van der Waals surface area contributed by atoms with E-state index >= 15 is 0 Å². The Morgan fingerprint density at radius 2 is 2.00 bits per heavy atom. The molecule has 1 aromatic carbocycles. The van der Waals surface area contributed by atoms with Gasteiger partial charge < -0.3 is 14.6 Å². The molecule has 98 valence electrons. The molecule has 0 aliphatic carbocycles. The van der Waals surface area contributed by atoms with Crippen LogP contribution in [0.25, 0.3) is 0 Å². The minimum Gasteiger partial charge on any atom is -0.488 e. The van der Waals surface area contributed by atoms with Gasteiger partial charge in [-0.1, -0.05) is 12.1 Å². The summed E-state index contributed by atoms with van der Waals surface area (Å²) in [5.41, 5.74) is 0.896. The van der Waals surface area contributed by atoms with Crippen molar-refractivity contribution in [1.82, 2.24) is 0 Å². The third-order valence-corrected chi connectivity index (χ3v) is 4.50. The highest BCUT2D eigenvalue weighted by molar-refractivity contribution is 9.10. The summed E-state index contributed by atoms with van der Waals surface area (Å²) in [5, 5.41) is 10.3. The van der Waals surface area contributed by atoms with Gasteiger partial charge in [0.1, 0.15) is 11.9 Å². The molecule has 0 radical (unpaired) electrons. The summed E-state index contributed by atoms with van der Waals surface area (Å²) in [6.45, 7) is 1.62. The fourth-order valence-electron chi connectivity index (χ4n) is 2.84. The van der Waals surface area contributed by atoms with E-state index in [0.717, 1.165) is 41.8 Å². The molecule has 18 heavy (non-hydrogen) atoms. The quantitative estimate of drug-likeness (QED) is 0.866. The molecular weight excluding hydrogens is 296 g/mol. The highest BCUT2D eigenvalue weighted by Gasteiger charge is 2.34. The lowest BCUT2D eigenvalue weighted by molar-refractivity contribution is -0.0154. The van der Waals surface area contributed by atoms with Crippen LogP contribution in [0.4, 0.5) is 0 Å². The second-order valence-corrected chi connectivity index (χ2v) is 5.87. The van der Waals surface area contributed by atoms with Gasteiger partial charge in [0, 0.05) is 31.1 Å². The van der Waals surface area contributed by atoms with Gasteiger partial charge in [0.2, 0.25) is 0 Å². The predicted molar refractivity (Wildman–Crippen MR) is 71.7 cm³/mol. The Hall–Kier alpha value is -0.580. The second kappa shape index (κ2) is 5.19. The molecule has 0 saturated carbocycles. The van der Waals surface area contributed by atoms with E-state index in [0.29, 0.717) is 12.3 Å². The third-order valence-electron chi connectivity index (χ3n) is 3.87. The van der Waals surface area contributed by atoms with Gasteiger partial charge in [-0.15, -0.1) is 0 Å². The number of aliphatic hydroxyl groups is 1. The van der Waals surface area contributed by atoms with Crippen molar-refractivity contribution < 1.29 is 14.6 Å². The Labute approximate surface area is 115 Å². The molecule has 1 saturated heterocycles. The van der Waals surface area contributed by atoms with Gasteiger partial charge in [-0.3, -0.25) is 0 Å². The number of aliphatic hydroxyl groups excluding tert-OH is 1. The van der Waals surface area contributed by atoms with E-state index in [1.54, 1.807) is 0 Å². The average molecular weight is 313 g/mol. The van der Waals surface area contributed by atoms with Crippen LogP contribution in [0.3, 0.4) is 0 Å². The lowest BCUT2D eigenvalue weighted by Gasteiger charge is -2.36. The van der Waals surface area contributed by atoms with Crippen molar-refractivity contribution >= 4 is 15.9 Å². The molecular formula is C14H17BrO3. The summed E-state index contributed by atoms with van der Waals surface area (Å²) >= 11 is 3.50. The van der Waals surface area contributed by atoms with Crippen LogP contribution in [0.15, 0.2) is 22.7 Å². The Morgan fingerprint density at radius 3 is 2.78 bits per heavy atom. The highest BCUT2D eigenvalue weighted by atomic mass is 79.9. The van der Waals surface area contributed by atoms with E-state index in [9.17, 15) is 5.11 Å². The largest absolute Gasteiger partial charge is 0.488 e. The Bertz CT molecular complexity index is 429. The van der Waals surface area contributed by atoms with Crippen molar-refractivity contribution in [2.75, 3.05) is 13.2 Å². The van der Waals surface area contributed by atoms with Crippen molar-refractivity contribution in [2.45, 2.75) is 31.5 Å². The molecule has 0 aromatic heterocycles. The highest BCUT2D eigenvalue weighted by Crippen LogP contribution is 2.42. The fourth-order valence-corrected chi connectivity index (χ4v) is 3.31. The van der Waals surface area contributed by atoms with Gasteiger partial charge in [-0.2, -0.15) is 0 Å². The first-order valence-corrected chi connectivity index (χ1v) is 7.26. The maximum absolute atomic E-state index is 10.3. The van der Waals surface area contributed by atoms with E-state index in [1.807, 2.05) is 18.2 Å². The summed E-state index contributed by atoms with van der Waals surface area (Å²) in [6, 6.07) is 5.83. The smallest absolute Gasteiger partial charge is 0.139 e. The predicted octanol–water partition coefficient (Wildman–Crippen LogP) is 3.06. The van der Waals surface area contributed by atoms with Crippen molar-refractivity contribution in [1.29, 1.82) is 0 Å². The Balaban J connectivity index is 1.83. The van der Waals surface area contributed by atoms with Crippen molar-refractivity contribution in [3.63, 3.8) is 0 Å². The number of para-hydroxylation sites is 1. The number of ether oxygens (including phenoxy) is 2. The topological polar surface area (TPSA) is 38.7 Å². The van der Waals surface area contributed by atoms with Crippen LogP contribution in [-0.4, -0.2) is 24.4 Å². The average Bonchev–Trinajstić information content (AvgIpc) is 2.41. The molecule has 1 N–H and O–H groups in total. The number of hydrogen-bond acceptors (Lipinski definition) is 3. The molecule has 2 aliphatic rings. The summed E-state index contributed by atoms with van der Waals surface area (Å²) in [6.07, 6.45) is 2.43. The minimum atomic E-state index is -0.418. The maximum Gasteiger partial charge on any atom is 0.139 e. The van der Waals surface area contributed by atoms with Gasteiger partial charge in [-0.05, 0) is 34.8 Å². The van der Waals surface area contributed by atoms with E-state index in [1.165, 1.54) is 0 Å². The molecule has 1 fully saturated rings. The molecule has 1 aromatic rings. The van der Waals surface area contributed by atoms with E-state index in [-0.39, 0.29) is 6.10 Å². The van der Waals surface area contributed by atoms with Crippen LogP contribution in [0.5, 0.6) is 5.75 Å². The third kappa shape index (κ3) is 2.29. The fraction of sp³-hybridized carbons (Fsp3) is 0.571. The summed E-state index contributed by atoms with van der Waals surface area (Å²) in [7, 11) is 0. The number of benzene rings is 1. The molecule has 2 atom stereocenters. The first kappa shape index (κ1) is 12.5. The first-order valence-electron chi connectivity index (χ1n) is 6.46. The monoisotopic (exact) mass is 312 g/mol. The Kier molecular flexibility index (Phi) is 3.59. The van der Waals surface area contributed by atoms with E-state index in [4.69, 9.17) is 9.47 Å². The SMILES string of the molecule is OC1CC(C2CCOCC2)Oc2c(Br)cccc21. The summed E-state index contributed by atoms with van der Waals surface area (Å²) in [4.78, 5) is 0. The number of fused-ring (bicyclic) bond motifs is 1. The molecule has 3 nitrogen and oxygen atoms in total. The molecule has 3 rings (SSSR count). The zero-order valence-corrected chi connectivity index (χ0v) is 11.7. The van der Waals surface area contributed by atoms with Gasteiger partial charge in [0.05, 0.1) is 10.6 Å². The zero-order valence-electron chi connectivity index (χ0n) is 10.1. The van der Waals surface area contributed by atoms with Gasteiger partial charge >= 0.3 is 0 Å². The zero-order chi connectivity index (χ0) is 12.5. The van der Waals surface area contributed by atoms with Crippen LogP contribution in [0.2, 0.25) is 0 Å². The molecule has 2 aliphatic heterocycles. The van der Waals surface area contributed by atoms with Crippen molar-refractivity contribution in [3.05, 3.63) is 28.2 Å². The number of hydrogen-bond donors (Lipinski definition) is 1. The lowest BCUT2D eigenvalue weighted by Crippen LogP contribution is -2.36. The minimum absolute atomic E-state index is 0.107. The molecule has 0 spiro atoms. The molecule has 0 bridgehead atoms. The molecule has 2 heterocycles. The Morgan fingerprint density at radius 1 is 1.22 bits per heavy atom. The van der Waals surface area contributed by atoms with Crippen LogP contribution in [0.1, 0.15) is 30.9 Å². The molecule has 4 heteroatoms. The van der Waals surface area contributed by atoms with Crippen molar-refractivity contribution in [2.24, 2.45) is 5.92 Å². The first-order chi connectivity index (χ1) is 8.75. The summed E-state index contributed by atoms with van der Waals surface area (Å²) in [5.74, 6) is 1.31.